The minimum Gasteiger partial charge on any atom is -0.394 e. The van der Waals surface area contributed by atoms with Crippen LogP contribution in [0.2, 0.25) is 0 Å². The zero-order chi connectivity index (χ0) is 10.8. The third-order valence-electron chi connectivity index (χ3n) is 2.12. The van der Waals surface area contributed by atoms with Crippen molar-refractivity contribution in [3.8, 4) is 0 Å². The van der Waals surface area contributed by atoms with Crippen LogP contribution < -0.4 is 5.32 Å². The molecule has 0 aliphatic rings. The summed E-state index contributed by atoms with van der Waals surface area (Å²) in [6.07, 6.45) is 3.17. The summed E-state index contributed by atoms with van der Waals surface area (Å²) in [7, 11) is 0. The highest BCUT2D eigenvalue weighted by atomic mass is 16.3. The van der Waals surface area contributed by atoms with Gasteiger partial charge in [-0.1, -0.05) is 13.3 Å². The third-order valence-corrected chi connectivity index (χ3v) is 2.12. The van der Waals surface area contributed by atoms with Crippen molar-refractivity contribution in [1.82, 2.24) is 5.32 Å². The predicted molar refractivity (Wildman–Crippen MR) is 55.9 cm³/mol. The van der Waals surface area contributed by atoms with E-state index in [1.54, 1.807) is 0 Å². The summed E-state index contributed by atoms with van der Waals surface area (Å²) >= 11 is 0. The van der Waals surface area contributed by atoms with Crippen LogP contribution in [-0.4, -0.2) is 40.8 Å². The van der Waals surface area contributed by atoms with Gasteiger partial charge in [-0.25, -0.2) is 0 Å². The van der Waals surface area contributed by atoms with E-state index in [2.05, 4.69) is 5.32 Å². The molecule has 0 spiro atoms. The van der Waals surface area contributed by atoms with Crippen LogP contribution in [0.4, 0.5) is 0 Å². The summed E-state index contributed by atoms with van der Waals surface area (Å²) < 4.78 is 0. The first kappa shape index (κ1) is 13.8. The van der Waals surface area contributed by atoms with E-state index < -0.39 is 12.3 Å². The Kier molecular flexibility index (Phi) is 9.29. The van der Waals surface area contributed by atoms with Gasteiger partial charge in [0.15, 0.2) is 0 Å². The lowest BCUT2D eigenvalue weighted by molar-refractivity contribution is 0.0851. The zero-order valence-corrected chi connectivity index (χ0v) is 8.95. The highest BCUT2D eigenvalue weighted by Gasteiger charge is 2.02. The lowest BCUT2D eigenvalue weighted by Crippen LogP contribution is -2.29. The topological polar surface area (TPSA) is 72.7 Å². The molecule has 86 valence electrons. The Bertz CT molecular complexity index is 122. The first-order valence-corrected chi connectivity index (χ1v) is 5.41. The van der Waals surface area contributed by atoms with E-state index in [-0.39, 0.29) is 6.61 Å². The van der Waals surface area contributed by atoms with Crippen molar-refractivity contribution in [3.63, 3.8) is 0 Å². The maximum absolute atomic E-state index is 9.30. The van der Waals surface area contributed by atoms with Crippen molar-refractivity contribution in [1.29, 1.82) is 0 Å². The molecule has 0 aromatic carbocycles. The van der Waals surface area contributed by atoms with Crippen LogP contribution in [-0.2, 0) is 0 Å². The van der Waals surface area contributed by atoms with E-state index in [1.165, 1.54) is 0 Å². The van der Waals surface area contributed by atoms with Crippen LogP contribution in [0.1, 0.15) is 39.0 Å². The molecule has 2 unspecified atom stereocenters. The van der Waals surface area contributed by atoms with Crippen molar-refractivity contribution >= 4 is 0 Å². The quantitative estimate of drug-likeness (QED) is 0.321. The van der Waals surface area contributed by atoms with Crippen molar-refractivity contribution in [3.05, 3.63) is 0 Å². The number of unbranched alkanes of at least 4 members (excludes halogenated alkanes) is 1. The zero-order valence-electron chi connectivity index (χ0n) is 8.95. The largest absolute Gasteiger partial charge is 0.394 e. The molecule has 0 saturated carbocycles. The van der Waals surface area contributed by atoms with E-state index >= 15 is 0 Å². The first-order valence-electron chi connectivity index (χ1n) is 5.41. The second-order valence-electron chi connectivity index (χ2n) is 3.59. The molecule has 0 aromatic heterocycles. The Balaban J connectivity index is 3.13. The second-order valence-corrected chi connectivity index (χ2v) is 3.59. The summed E-state index contributed by atoms with van der Waals surface area (Å²) in [6, 6.07) is 0. The van der Waals surface area contributed by atoms with E-state index in [0.29, 0.717) is 6.42 Å². The normalized spacial score (nSPS) is 15.4. The van der Waals surface area contributed by atoms with E-state index in [9.17, 15) is 5.11 Å². The maximum atomic E-state index is 9.30. The van der Waals surface area contributed by atoms with E-state index in [1.807, 2.05) is 6.92 Å². The predicted octanol–water partition coefficient (Wildman–Crippen LogP) is 0.218. The second kappa shape index (κ2) is 9.40. The van der Waals surface area contributed by atoms with Crippen LogP contribution in [0, 0.1) is 0 Å². The molecule has 0 rings (SSSR count). The summed E-state index contributed by atoms with van der Waals surface area (Å²) in [5, 5.41) is 29.9. The van der Waals surface area contributed by atoms with Gasteiger partial charge in [0.2, 0.25) is 0 Å². The van der Waals surface area contributed by atoms with Gasteiger partial charge < -0.3 is 15.3 Å². The molecule has 0 fully saturated rings. The molecule has 0 radical (unpaired) electrons. The number of aliphatic hydroxyl groups is 3. The summed E-state index contributed by atoms with van der Waals surface area (Å²) in [6.45, 7) is 2.63. The van der Waals surface area contributed by atoms with Crippen LogP contribution in [0.3, 0.4) is 0 Å². The molecule has 0 saturated heterocycles. The molecule has 2 atom stereocenters. The highest BCUT2D eigenvalue weighted by molar-refractivity contribution is 4.56. The van der Waals surface area contributed by atoms with Crippen LogP contribution in [0.15, 0.2) is 0 Å². The van der Waals surface area contributed by atoms with Gasteiger partial charge >= 0.3 is 0 Å². The van der Waals surface area contributed by atoms with Gasteiger partial charge in [0.05, 0.1) is 12.7 Å². The van der Waals surface area contributed by atoms with Crippen LogP contribution in [0.5, 0.6) is 0 Å². The van der Waals surface area contributed by atoms with E-state index in [0.717, 1.165) is 32.2 Å². The number of nitrogens with one attached hydrogen (secondary N) is 1. The van der Waals surface area contributed by atoms with Gasteiger partial charge in [-0.05, 0) is 32.2 Å². The average molecular weight is 205 g/mol. The van der Waals surface area contributed by atoms with Gasteiger partial charge in [-0.2, -0.15) is 0 Å². The molecule has 4 heteroatoms. The Hall–Kier alpha value is -0.160. The Morgan fingerprint density at radius 1 is 1.14 bits per heavy atom. The molecule has 0 aliphatic carbocycles. The standard InChI is InChI=1S/C10H23NO3/c1-2-5-10(14)11-7-4-3-6-9(13)8-12/h9-14H,2-8H2,1H3. The molecule has 4 N–H and O–H groups in total. The van der Waals surface area contributed by atoms with Gasteiger partial charge in [0.1, 0.15) is 6.23 Å². The lowest BCUT2D eigenvalue weighted by atomic mass is 10.1. The first-order chi connectivity index (χ1) is 6.70. The fourth-order valence-corrected chi connectivity index (χ4v) is 1.24. The Morgan fingerprint density at radius 3 is 2.43 bits per heavy atom. The molecule has 0 aliphatic heterocycles. The summed E-state index contributed by atoms with van der Waals surface area (Å²) in [4.78, 5) is 0. The van der Waals surface area contributed by atoms with Gasteiger partial charge in [0.25, 0.3) is 0 Å². The Labute approximate surface area is 86.0 Å². The monoisotopic (exact) mass is 205 g/mol. The van der Waals surface area contributed by atoms with Crippen LogP contribution in [0.25, 0.3) is 0 Å². The summed E-state index contributed by atoms with van der Waals surface area (Å²) in [5.41, 5.74) is 0. The summed E-state index contributed by atoms with van der Waals surface area (Å²) in [5.74, 6) is 0. The van der Waals surface area contributed by atoms with Gasteiger partial charge in [-0.3, -0.25) is 5.32 Å². The molecule has 0 aromatic rings. The minimum atomic E-state index is -0.587. The van der Waals surface area contributed by atoms with Gasteiger partial charge in [-0.15, -0.1) is 0 Å². The highest BCUT2D eigenvalue weighted by Crippen LogP contribution is 2.00. The number of aliphatic hydroxyl groups excluding tert-OH is 3. The number of hydrogen-bond donors (Lipinski definition) is 4. The van der Waals surface area contributed by atoms with Crippen molar-refractivity contribution in [2.75, 3.05) is 13.2 Å². The molecule has 14 heavy (non-hydrogen) atoms. The number of hydrogen-bond acceptors (Lipinski definition) is 4. The maximum Gasteiger partial charge on any atom is 0.104 e. The average Bonchev–Trinajstić information content (AvgIpc) is 2.17. The molecular weight excluding hydrogens is 182 g/mol. The van der Waals surface area contributed by atoms with Crippen molar-refractivity contribution in [2.45, 2.75) is 51.4 Å². The molecule has 0 amide bonds. The minimum absolute atomic E-state index is 0.161. The van der Waals surface area contributed by atoms with E-state index in [4.69, 9.17) is 10.2 Å². The Morgan fingerprint density at radius 2 is 1.86 bits per heavy atom. The molecule has 0 heterocycles. The van der Waals surface area contributed by atoms with Crippen LogP contribution >= 0.6 is 0 Å². The van der Waals surface area contributed by atoms with Gasteiger partial charge in [0, 0.05) is 0 Å². The smallest absolute Gasteiger partial charge is 0.104 e. The fraction of sp³-hybridized carbons (Fsp3) is 1.00. The number of rotatable bonds is 9. The van der Waals surface area contributed by atoms with Crippen molar-refractivity contribution in [2.24, 2.45) is 0 Å². The lowest BCUT2D eigenvalue weighted by Gasteiger charge is -2.11. The molecule has 4 nitrogen and oxygen atoms in total. The SMILES string of the molecule is CCCC(O)NCCCCC(O)CO. The molecule has 0 bridgehead atoms. The third kappa shape index (κ3) is 8.44. The molecular formula is C10H23NO3. The van der Waals surface area contributed by atoms with Crippen molar-refractivity contribution < 1.29 is 15.3 Å². The fourth-order valence-electron chi connectivity index (χ4n) is 1.24.